The number of phosphoric acid groups is 2. The van der Waals surface area contributed by atoms with Crippen molar-refractivity contribution in [2.45, 2.75) is 329 Å². The van der Waals surface area contributed by atoms with Gasteiger partial charge < -0.3 is 33.8 Å². The Hall–Kier alpha value is -4.28. The number of hydrogen-bond donors (Lipinski definition) is 3. The van der Waals surface area contributed by atoms with Crippen LogP contribution in [-0.4, -0.2) is 96.7 Å². The van der Waals surface area contributed by atoms with Gasteiger partial charge in [-0.2, -0.15) is 0 Å². The highest BCUT2D eigenvalue weighted by molar-refractivity contribution is 7.47. The summed E-state index contributed by atoms with van der Waals surface area (Å²) in [6.07, 6.45) is 75.1. The van der Waals surface area contributed by atoms with Crippen LogP contribution < -0.4 is 0 Å². The van der Waals surface area contributed by atoms with Crippen LogP contribution >= 0.6 is 15.6 Å². The van der Waals surface area contributed by atoms with Crippen molar-refractivity contribution < 1.29 is 80.2 Å². The molecule has 0 rings (SSSR count). The largest absolute Gasteiger partial charge is 0.472 e. The Balaban J connectivity index is 5.32. The number of aliphatic hydroxyl groups excluding tert-OH is 1. The maximum absolute atomic E-state index is 13.1. The van der Waals surface area contributed by atoms with E-state index in [0.29, 0.717) is 25.7 Å². The molecular weight excluding hydrogens is 1280 g/mol. The Bertz CT molecular complexity index is 2290. The van der Waals surface area contributed by atoms with E-state index in [2.05, 4.69) is 137 Å². The predicted octanol–water partition coefficient (Wildman–Crippen LogP) is 21.8. The Morgan fingerprint density at radius 2 is 0.561 bits per heavy atom. The van der Waals surface area contributed by atoms with Gasteiger partial charge in [0.1, 0.15) is 19.3 Å². The van der Waals surface area contributed by atoms with Gasteiger partial charge in [-0.1, -0.05) is 253 Å². The molecule has 0 aliphatic carbocycles. The van der Waals surface area contributed by atoms with Crippen molar-refractivity contribution in [2.75, 3.05) is 39.6 Å². The molecule has 5 atom stereocenters. The van der Waals surface area contributed by atoms with Crippen molar-refractivity contribution in [3.05, 3.63) is 109 Å². The molecule has 0 amide bonds. The number of carbonyl (C=O) groups excluding carboxylic acids is 4. The van der Waals surface area contributed by atoms with E-state index in [-0.39, 0.29) is 25.7 Å². The van der Waals surface area contributed by atoms with E-state index >= 15 is 0 Å². The molecule has 0 aromatic rings. The van der Waals surface area contributed by atoms with Crippen LogP contribution in [0.25, 0.3) is 0 Å². The second-order valence-electron chi connectivity index (χ2n) is 25.2. The first-order valence-electron chi connectivity index (χ1n) is 38.1. The first-order chi connectivity index (χ1) is 47.7. The number of allylic oxidation sites excluding steroid dienone is 18. The number of hydrogen-bond acceptors (Lipinski definition) is 15. The van der Waals surface area contributed by atoms with Gasteiger partial charge in [0, 0.05) is 25.7 Å². The fourth-order valence-corrected chi connectivity index (χ4v) is 11.4. The molecule has 0 aliphatic rings. The van der Waals surface area contributed by atoms with Gasteiger partial charge in [-0.05, 0) is 141 Å². The lowest BCUT2D eigenvalue weighted by Crippen LogP contribution is -2.30. The molecule has 564 valence electrons. The molecule has 0 spiro atoms. The SMILES string of the molecule is CC/C=C\C/C=C\C/C=C\C/C=C\CCCCCCCCC(=O)OCC(COP(=O)(O)OCC(O)COP(=O)(O)OCC(COC(=O)CCCCCCC/C=C\C/C=C\CCCCC)OC(=O)CCCCCCC/C=C\C/C=C\CCC)OC(=O)CCCCCCC/C=C\CCCC. The summed E-state index contributed by atoms with van der Waals surface area (Å²) in [6, 6.07) is 0. The van der Waals surface area contributed by atoms with Crippen LogP contribution in [0.1, 0.15) is 310 Å². The molecule has 0 radical (unpaired) electrons. The molecule has 0 fully saturated rings. The summed E-state index contributed by atoms with van der Waals surface area (Å²) in [6.45, 7) is 4.58. The number of aliphatic hydroxyl groups is 1. The average Bonchev–Trinajstić information content (AvgIpc) is 1.00. The van der Waals surface area contributed by atoms with Crippen LogP contribution in [0.5, 0.6) is 0 Å². The third kappa shape index (κ3) is 70.2. The lowest BCUT2D eigenvalue weighted by Gasteiger charge is -2.21. The molecule has 0 aromatic heterocycles. The van der Waals surface area contributed by atoms with Crippen LogP contribution in [0, 0.1) is 0 Å². The van der Waals surface area contributed by atoms with Gasteiger partial charge in [0.05, 0.1) is 26.4 Å². The fraction of sp³-hybridized carbons (Fsp3) is 0.722. The zero-order valence-electron chi connectivity index (χ0n) is 61.4. The maximum atomic E-state index is 13.1. The highest BCUT2D eigenvalue weighted by Gasteiger charge is 2.30. The molecule has 0 aliphatic heterocycles. The minimum Gasteiger partial charge on any atom is -0.462 e. The minimum absolute atomic E-state index is 0.0749. The summed E-state index contributed by atoms with van der Waals surface area (Å²) in [5.74, 6) is -2.23. The van der Waals surface area contributed by atoms with Crippen LogP contribution in [-0.2, 0) is 65.4 Å². The van der Waals surface area contributed by atoms with Gasteiger partial charge in [0.25, 0.3) is 0 Å². The van der Waals surface area contributed by atoms with Crippen LogP contribution in [0.3, 0.4) is 0 Å². The Morgan fingerprint density at radius 3 is 0.898 bits per heavy atom. The second-order valence-corrected chi connectivity index (χ2v) is 28.1. The van der Waals surface area contributed by atoms with Crippen molar-refractivity contribution in [2.24, 2.45) is 0 Å². The van der Waals surface area contributed by atoms with Crippen LogP contribution in [0.2, 0.25) is 0 Å². The normalized spacial score (nSPS) is 14.6. The van der Waals surface area contributed by atoms with Gasteiger partial charge in [0.15, 0.2) is 12.2 Å². The standard InChI is InChI=1S/C79H136O17P2/c1-5-9-13-17-21-25-29-32-34-35-36-37-39-42-45-48-52-56-60-64-77(82)89-69-74(95-78(83)65-61-57-53-49-43-28-24-20-16-12-8-4)71-93-97(85,86)91-67-73(80)68-92-98(87,88)94-72-75(96-79(84)66-62-58-54-50-46-40-31-27-23-19-15-11-7-3)70-90-76(81)63-59-55-51-47-44-41-38-33-30-26-22-18-14-10-6-2/h9,13,15,19-22,24-27,31-34,36-38,73-75,80H,5-8,10-12,14,16-18,23,28-30,35,39-72H2,1-4H3,(H,85,86)(H,87,88)/b13-9-,19-15-,24-20-,25-21-,26-22-,31-27-,34-32-,37-36-,38-33-. The van der Waals surface area contributed by atoms with E-state index in [9.17, 15) is 43.2 Å². The average molecular weight is 1420 g/mol. The number of esters is 4. The third-order valence-electron chi connectivity index (χ3n) is 15.7. The molecule has 3 N–H and O–H groups in total. The van der Waals surface area contributed by atoms with Gasteiger partial charge in [-0.15, -0.1) is 0 Å². The van der Waals surface area contributed by atoms with Crippen molar-refractivity contribution in [1.29, 1.82) is 0 Å². The van der Waals surface area contributed by atoms with E-state index < -0.39 is 97.5 Å². The summed E-state index contributed by atoms with van der Waals surface area (Å²) in [5, 5.41) is 10.6. The number of ether oxygens (including phenoxy) is 4. The highest BCUT2D eigenvalue weighted by atomic mass is 31.2. The summed E-state index contributed by atoms with van der Waals surface area (Å²) in [4.78, 5) is 72.8. The van der Waals surface area contributed by atoms with Crippen molar-refractivity contribution >= 4 is 39.5 Å². The molecule has 98 heavy (non-hydrogen) atoms. The number of rotatable bonds is 71. The Labute approximate surface area is 594 Å². The molecule has 5 unspecified atom stereocenters. The zero-order chi connectivity index (χ0) is 71.8. The minimum atomic E-state index is -4.98. The number of unbranched alkanes of at least 4 members (excludes halogenated alkanes) is 27. The first kappa shape index (κ1) is 93.7. The Morgan fingerprint density at radius 1 is 0.296 bits per heavy atom. The molecule has 0 heterocycles. The quantitative estimate of drug-likeness (QED) is 0.0169. The molecule has 0 saturated carbocycles. The lowest BCUT2D eigenvalue weighted by atomic mass is 10.1. The van der Waals surface area contributed by atoms with Crippen molar-refractivity contribution in [1.82, 2.24) is 0 Å². The second kappa shape index (κ2) is 71.1. The predicted molar refractivity (Wildman–Crippen MR) is 399 cm³/mol. The van der Waals surface area contributed by atoms with E-state index in [0.717, 1.165) is 199 Å². The summed E-state index contributed by atoms with van der Waals surface area (Å²) < 4.78 is 68.4. The van der Waals surface area contributed by atoms with Crippen molar-refractivity contribution in [3.63, 3.8) is 0 Å². The van der Waals surface area contributed by atoms with Gasteiger partial charge in [-0.3, -0.25) is 37.3 Å². The van der Waals surface area contributed by atoms with E-state index in [1.807, 2.05) is 0 Å². The smallest absolute Gasteiger partial charge is 0.462 e. The van der Waals surface area contributed by atoms with Crippen molar-refractivity contribution in [3.8, 4) is 0 Å². The first-order valence-corrected chi connectivity index (χ1v) is 41.1. The number of phosphoric ester groups is 2. The topological polar surface area (TPSA) is 237 Å². The van der Waals surface area contributed by atoms with E-state index in [4.69, 9.17) is 37.0 Å². The molecule has 19 heteroatoms. The molecular formula is C79H136O17P2. The lowest BCUT2D eigenvalue weighted by molar-refractivity contribution is -0.161. The Kier molecular flexibility index (Phi) is 68.0. The monoisotopic (exact) mass is 1420 g/mol. The number of carbonyl (C=O) groups is 4. The summed E-state index contributed by atoms with van der Waals surface area (Å²) in [5.41, 5.74) is 0. The third-order valence-corrected chi connectivity index (χ3v) is 17.6. The highest BCUT2D eigenvalue weighted by Crippen LogP contribution is 2.45. The molecule has 17 nitrogen and oxygen atoms in total. The van der Waals surface area contributed by atoms with Gasteiger partial charge >= 0.3 is 39.5 Å². The molecule has 0 bridgehead atoms. The fourth-order valence-electron chi connectivity index (χ4n) is 9.85. The molecule has 0 saturated heterocycles. The zero-order valence-corrected chi connectivity index (χ0v) is 63.2. The van der Waals surface area contributed by atoms with Crippen LogP contribution in [0.4, 0.5) is 0 Å². The van der Waals surface area contributed by atoms with E-state index in [1.54, 1.807) is 0 Å². The van der Waals surface area contributed by atoms with E-state index in [1.165, 1.54) is 32.1 Å². The van der Waals surface area contributed by atoms with Crippen LogP contribution in [0.15, 0.2) is 109 Å². The van der Waals surface area contributed by atoms with Gasteiger partial charge in [-0.25, -0.2) is 9.13 Å². The van der Waals surface area contributed by atoms with Gasteiger partial charge in [0.2, 0.25) is 0 Å². The maximum Gasteiger partial charge on any atom is 0.472 e. The molecule has 0 aromatic carbocycles. The summed E-state index contributed by atoms with van der Waals surface area (Å²) >= 11 is 0. The summed E-state index contributed by atoms with van der Waals surface area (Å²) in [7, 11) is -9.96.